The van der Waals surface area contributed by atoms with Gasteiger partial charge in [0.15, 0.2) is 0 Å². The molecule has 0 atom stereocenters. The zero-order chi connectivity index (χ0) is 22.6. The predicted octanol–water partition coefficient (Wildman–Crippen LogP) is 3.14. The maximum absolute atomic E-state index is 13.7. The van der Waals surface area contributed by atoms with Gasteiger partial charge < -0.3 is 14.6 Å². The number of benzene rings is 2. The molecule has 0 saturated heterocycles. The fourth-order valence-electron chi connectivity index (χ4n) is 2.71. The van der Waals surface area contributed by atoms with E-state index in [1.165, 1.54) is 25.3 Å². The number of aryl methyl sites for hydroxylation is 2. The topological polar surface area (TPSA) is 123 Å². The van der Waals surface area contributed by atoms with Crippen molar-refractivity contribution in [1.29, 1.82) is 0 Å². The summed E-state index contributed by atoms with van der Waals surface area (Å²) in [4.78, 5) is 16.5. The number of aromatic nitrogens is 2. The quantitative estimate of drug-likeness (QED) is 0.543. The molecule has 11 heteroatoms. The molecule has 0 bridgehead atoms. The summed E-state index contributed by atoms with van der Waals surface area (Å²) < 4.78 is 49.3. The van der Waals surface area contributed by atoms with E-state index in [1.54, 1.807) is 25.1 Å². The van der Waals surface area contributed by atoms with Gasteiger partial charge in [-0.1, -0.05) is 17.3 Å². The van der Waals surface area contributed by atoms with E-state index in [4.69, 9.17) is 9.26 Å². The maximum Gasteiger partial charge on any atom is 0.229 e. The fraction of sp³-hybridized carbons (Fsp3) is 0.250. The summed E-state index contributed by atoms with van der Waals surface area (Å²) in [6.45, 7) is 1.66. The highest BCUT2D eigenvalue weighted by molar-refractivity contribution is 7.92. The Hall–Kier alpha value is -3.47. The summed E-state index contributed by atoms with van der Waals surface area (Å²) in [5.41, 5.74) is 1.58. The third kappa shape index (κ3) is 6.01. The molecule has 0 saturated carbocycles. The van der Waals surface area contributed by atoms with Gasteiger partial charge in [0.05, 0.1) is 19.1 Å². The Kier molecular flexibility index (Phi) is 6.54. The van der Waals surface area contributed by atoms with E-state index in [0.29, 0.717) is 22.6 Å². The lowest BCUT2D eigenvalue weighted by atomic mass is 10.1. The summed E-state index contributed by atoms with van der Waals surface area (Å²) in [7, 11) is -2.11. The normalized spacial score (nSPS) is 11.2. The van der Waals surface area contributed by atoms with E-state index < -0.39 is 10.0 Å². The van der Waals surface area contributed by atoms with E-state index in [2.05, 4.69) is 20.2 Å². The molecule has 9 nitrogen and oxygen atoms in total. The zero-order valence-corrected chi connectivity index (χ0v) is 17.9. The van der Waals surface area contributed by atoms with Crippen molar-refractivity contribution in [3.8, 4) is 17.1 Å². The molecule has 2 N–H and O–H groups in total. The Bertz CT molecular complexity index is 1210. The van der Waals surface area contributed by atoms with Crippen molar-refractivity contribution < 1.29 is 26.9 Å². The van der Waals surface area contributed by atoms with Gasteiger partial charge in [-0.3, -0.25) is 9.52 Å². The third-order valence-electron chi connectivity index (χ3n) is 4.24. The number of halogens is 1. The van der Waals surface area contributed by atoms with E-state index in [1.807, 2.05) is 0 Å². The number of amides is 1. The molecule has 0 fully saturated rings. The number of rotatable bonds is 8. The molecule has 1 heterocycles. The molecular weight excluding hydrogens is 427 g/mol. The van der Waals surface area contributed by atoms with Gasteiger partial charge in [-0.25, -0.2) is 12.8 Å². The minimum absolute atomic E-state index is 0.0464. The van der Waals surface area contributed by atoms with Crippen LogP contribution in [0.3, 0.4) is 0 Å². The molecule has 0 radical (unpaired) electrons. The average Bonchev–Trinajstić information content (AvgIpc) is 3.17. The highest BCUT2D eigenvalue weighted by Gasteiger charge is 2.14. The number of anilines is 2. The lowest BCUT2D eigenvalue weighted by molar-refractivity contribution is -0.116. The van der Waals surface area contributed by atoms with Gasteiger partial charge in [-0.2, -0.15) is 4.98 Å². The molecular formula is C20H21FN4O5S. The third-order valence-corrected chi connectivity index (χ3v) is 4.83. The Balaban J connectivity index is 1.62. The number of carbonyl (C=O) groups is 1. The molecule has 0 aliphatic rings. The Labute approximate surface area is 178 Å². The van der Waals surface area contributed by atoms with Crippen LogP contribution in [0.4, 0.5) is 15.8 Å². The largest absolute Gasteiger partial charge is 0.495 e. The first kappa shape index (κ1) is 22.2. The van der Waals surface area contributed by atoms with Crippen LogP contribution in [0.5, 0.6) is 5.75 Å². The second-order valence-corrected chi connectivity index (χ2v) is 8.56. The van der Waals surface area contributed by atoms with Gasteiger partial charge in [0, 0.05) is 24.1 Å². The van der Waals surface area contributed by atoms with Gasteiger partial charge >= 0.3 is 0 Å². The Morgan fingerprint density at radius 1 is 1.23 bits per heavy atom. The summed E-state index contributed by atoms with van der Waals surface area (Å²) >= 11 is 0. The Morgan fingerprint density at radius 2 is 2.00 bits per heavy atom. The molecule has 2 aromatic carbocycles. The second kappa shape index (κ2) is 9.13. The summed E-state index contributed by atoms with van der Waals surface area (Å²) in [6.07, 6.45) is 1.24. The van der Waals surface area contributed by atoms with Gasteiger partial charge in [0.2, 0.25) is 27.6 Å². The van der Waals surface area contributed by atoms with Crippen molar-refractivity contribution in [2.24, 2.45) is 0 Å². The number of hydrogen-bond acceptors (Lipinski definition) is 7. The first-order valence-corrected chi connectivity index (χ1v) is 11.1. The highest BCUT2D eigenvalue weighted by atomic mass is 32.2. The maximum atomic E-state index is 13.7. The standard InChI is InChI=1S/C20H21FN4O5S/c1-12-4-5-13(10-15(12)21)20-23-19(30-24-20)9-8-18(26)22-14-6-7-17(29-2)16(11-14)25-31(3,27)28/h4-7,10-11,25H,8-9H2,1-3H3,(H,22,26). The number of ether oxygens (including phenoxy) is 1. The van der Waals surface area contributed by atoms with E-state index in [9.17, 15) is 17.6 Å². The average molecular weight is 448 g/mol. The predicted molar refractivity (Wildman–Crippen MR) is 113 cm³/mol. The zero-order valence-electron chi connectivity index (χ0n) is 17.1. The van der Waals surface area contributed by atoms with Crippen LogP contribution in [0.1, 0.15) is 17.9 Å². The number of methoxy groups -OCH3 is 1. The van der Waals surface area contributed by atoms with Crippen LogP contribution in [-0.4, -0.2) is 37.8 Å². The first-order valence-electron chi connectivity index (χ1n) is 9.19. The Morgan fingerprint density at radius 3 is 2.68 bits per heavy atom. The van der Waals surface area contributed by atoms with Crippen molar-refractivity contribution in [3.05, 3.63) is 53.7 Å². The first-order chi connectivity index (χ1) is 14.6. The molecule has 0 aliphatic heterocycles. The smallest absolute Gasteiger partial charge is 0.229 e. The highest BCUT2D eigenvalue weighted by Crippen LogP contribution is 2.28. The van der Waals surface area contributed by atoms with Crippen LogP contribution in [0, 0.1) is 12.7 Å². The number of nitrogens with zero attached hydrogens (tertiary/aromatic N) is 2. The minimum Gasteiger partial charge on any atom is -0.495 e. The molecule has 3 aromatic rings. The summed E-state index contributed by atoms with van der Waals surface area (Å²) in [5.74, 6) is 0.0830. The van der Waals surface area contributed by atoms with E-state index >= 15 is 0 Å². The lowest BCUT2D eigenvalue weighted by Crippen LogP contribution is -2.14. The van der Waals surface area contributed by atoms with Crippen LogP contribution in [-0.2, 0) is 21.2 Å². The minimum atomic E-state index is -3.52. The molecule has 0 unspecified atom stereocenters. The van der Waals surface area contributed by atoms with Gasteiger partial charge in [0.1, 0.15) is 11.6 Å². The molecule has 0 spiro atoms. The lowest BCUT2D eigenvalue weighted by Gasteiger charge is -2.12. The SMILES string of the molecule is COc1ccc(NC(=O)CCc2nc(-c3ccc(C)c(F)c3)no2)cc1NS(C)(=O)=O. The molecule has 1 amide bonds. The molecule has 0 aliphatic carbocycles. The van der Waals surface area contributed by atoms with Crippen LogP contribution >= 0.6 is 0 Å². The van der Waals surface area contributed by atoms with Crippen molar-refractivity contribution in [2.75, 3.05) is 23.4 Å². The molecule has 31 heavy (non-hydrogen) atoms. The molecule has 1 aromatic heterocycles. The molecule has 164 valence electrons. The van der Waals surface area contributed by atoms with Gasteiger partial charge in [-0.15, -0.1) is 0 Å². The van der Waals surface area contributed by atoms with Crippen molar-refractivity contribution >= 4 is 27.3 Å². The van der Waals surface area contributed by atoms with Gasteiger partial charge in [0.25, 0.3) is 0 Å². The van der Waals surface area contributed by atoms with Crippen LogP contribution in [0.2, 0.25) is 0 Å². The summed E-state index contributed by atoms with van der Waals surface area (Å²) in [6, 6.07) is 9.20. The van der Waals surface area contributed by atoms with Crippen molar-refractivity contribution in [1.82, 2.24) is 10.1 Å². The van der Waals surface area contributed by atoms with E-state index in [-0.39, 0.29) is 42.0 Å². The van der Waals surface area contributed by atoms with Crippen LogP contribution in [0.15, 0.2) is 40.9 Å². The fourth-order valence-corrected chi connectivity index (χ4v) is 3.27. The van der Waals surface area contributed by atoms with Crippen molar-refractivity contribution in [3.63, 3.8) is 0 Å². The number of nitrogens with one attached hydrogen (secondary N) is 2. The van der Waals surface area contributed by atoms with Crippen LogP contribution < -0.4 is 14.8 Å². The molecule has 3 rings (SSSR count). The number of sulfonamides is 1. The van der Waals surface area contributed by atoms with Crippen molar-refractivity contribution in [2.45, 2.75) is 19.8 Å². The van der Waals surface area contributed by atoms with E-state index in [0.717, 1.165) is 6.26 Å². The second-order valence-electron chi connectivity index (χ2n) is 6.81. The number of carbonyl (C=O) groups excluding carboxylic acids is 1. The summed E-state index contributed by atoms with van der Waals surface area (Å²) in [5, 5.41) is 6.49. The van der Waals surface area contributed by atoms with Gasteiger partial charge in [-0.05, 0) is 36.8 Å². The number of hydrogen-bond donors (Lipinski definition) is 2. The monoisotopic (exact) mass is 448 g/mol. The van der Waals surface area contributed by atoms with Crippen LogP contribution in [0.25, 0.3) is 11.4 Å².